The molecule has 0 fully saturated rings. The van der Waals surface area contributed by atoms with E-state index in [4.69, 9.17) is 4.74 Å². The van der Waals surface area contributed by atoms with Crippen LogP contribution in [0.5, 0.6) is 5.75 Å². The summed E-state index contributed by atoms with van der Waals surface area (Å²) in [5, 5.41) is 3.28. The monoisotopic (exact) mass is 311 g/mol. The van der Waals surface area contributed by atoms with Gasteiger partial charge in [0.2, 0.25) is 0 Å². The number of carbonyl (C=O) groups is 1. The van der Waals surface area contributed by atoms with E-state index >= 15 is 0 Å². The zero-order valence-electron chi connectivity index (χ0n) is 11.7. The molecule has 0 radical (unpaired) electrons. The highest BCUT2D eigenvalue weighted by Gasteiger charge is 2.23. The van der Waals surface area contributed by atoms with Crippen molar-refractivity contribution in [3.63, 3.8) is 0 Å². The number of benzene rings is 2. The van der Waals surface area contributed by atoms with Crippen molar-refractivity contribution in [2.75, 3.05) is 23.3 Å². The van der Waals surface area contributed by atoms with Crippen LogP contribution in [0.4, 0.5) is 16.2 Å². The number of anilines is 2. The van der Waals surface area contributed by atoms with Crippen LogP contribution in [0.15, 0.2) is 48.0 Å². The molecule has 22 heavy (non-hydrogen) atoms. The van der Waals surface area contributed by atoms with E-state index in [9.17, 15) is 4.79 Å². The molecule has 2 heterocycles. The molecule has 3 aromatic rings. The van der Waals surface area contributed by atoms with Crippen molar-refractivity contribution in [3.05, 3.63) is 48.0 Å². The van der Waals surface area contributed by atoms with Gasteiger partial charge in [0.25, 0.3) is 0 Å². The molecule has 1 N–H and O–H groups in total. The highest BCUT2D eigenvalue weighted by atomic mass is 32.1. The fraction of sp³-hybridized carbons (Fsp3) is 0.125. The number of amides is 1. The number of hydrogen-bond acceptors (Lipinski definition) is 5. The van der Waals surface area contributed by atoms with E-state index in [2.05, 4.69) is 10.3 Å². The third kappa shape index (κ3) is 2.27. The predicted octanol–water partition coefficient (Wildman–Crippen LogP) is 3.73. The van der Waals surface area contributed by atoms with Gasteiger partial charge in [-0.1, -0.05) is 12.1 Å². The van der Waals surface area contributed by atoms with E-state index in [-0.39, 0.29) is 6.09 Å². The summed E-state index contributed by atoms with van der Waals surface area (Å²) in [7, 11) is 0. The molecule has 1 amide bonds. The third-order valence-electron chi connectivity index (χ3n) is 3.57. The zero-order chi connectivity index (χ0) is 14.9. The molecular formula is C16H13N3O2S. The molecule has 0 saturated heterocycles. The van der Waals surface area contributed by atoms with Crippen LogP contribution in [0.1, 0.15) is 0 Å². The Morgan fingerprint density at radius 2 is 2.18 bits per heavy atom. The Balaban J connectivity index is 1.60. The minimum absolute atomic E-state index is 0.363. The van der Waals surface area contributed by atoms with Gasteiger partial charge in [0.1, 0.15) is 5.75 Å². The minimum Gasteiger partial charge on any atom is -0.410 e. The van der Waals surface area contributed by atoms with Crippen LogP contribution in [0.2, 0.25) is 0 Å². The molecule has 5 nitrogen and oxygen atoms in total. The molecule has 4 rings (SSSR count). The number of nitrogens with zero attached hydrogens (tertiary/aromatic N) is 2. The first-order valence-corrected chi connectivity index (χ1v) is 7.85. The van der Waals surface area contributed by atoms with Gasteiger partial charge in [-0.3, -0.25) is 4.90 Å². The molecule has 6 heteroatoms. The Kier molecular flexibility index (Phi) is 3.16. The second-order valence-corrected chi connectivity index (χ2v) is 5.83. The highest BCUT2D eigenvalue weighted by molar-refractivity contribution is 7.16. The SMILES string of the molecule is O=C(Oc1ccc2ncsc2c1)N1CCNc2ccccc21. The number of carbonyl (C=O) groups excluding carboxylic acids is 1. The zero-order valence-corrected chi connectivity index (χ0v) is 12.5. The first-order chi connectivity index (χ1) is 10.8. The fourth-order valence-corrected chi connectivity index (χ4v) is 3.23. The van der Waals surface area contributed by atoms with Crippen molar-refractivity contribution in [3.8, 4) is 5.75 Å². The number of thiazole rings is 1. The largest absolute Gasteiger partial charge is 0.419 e. The van der Waals surface area contributed by atoms with Crippen molar-refractivity contribution >= 4 is 39.0 Å². The Morgan fingerprint density at radius 1 is 1.27 bits per heavy atom. The Labute approximate surface area is 131 Å². The van der Waals surface area contributed by atoms with Crippen molar-refractivity contribution < 1.29 is 9.53 Å². The highest BCUT2D eigenvalue weighted by Crippen LogP contribution is 2.30. The van der Waals surface area contributed by atoms with E-state index in [1.165, 1.54) is 11.3 Å². The van der Waals surface area contributed by atoms with E-state index in [1.807, 2.05) is 36.4 Å². The average Bonchev–Trinajstić information content (AvgIpc) is 3.02. The average molecular weight is 311 g/mol. The van der Waals surface area contributed by atoms with Gasteiger partial charge < -0.3 is 10.1 Å². The van der Waals surface area contributed by atoms with Gasteiger partial charge in [-0.15, -0.1) is 11.3 Å². The first kappa shape index (κ1) is 13.1. The maximum Gasteiger partial charge on any atom is 0.419 e. The van der Waals surface area contributed by atoms with Gasteiger partial charge in [-0.25, -0.2) is 9.78 Å². The molecular weight excluding hydrogens is 298 g/mol. The number of nitrogens with one attached hydrogen (secondary N) is 1. The van der Waals surface area contributed by atoms with Crippen LogP contribution in [0, 0.1) is 0 Å². The van der Waals surface area contributed by atoms with Crippen LogP contribution in [0.25, 0.3) is 10.2 Å². The van der Waals surface area contributed by atoms with Crippen LogP contribution in [-0.2, 0) is 0 Å². The van der Waals surface area contributed by atoms with Gasteiger partial charge in [-0.05, 0) is 24.3 Å². The molecule has 0 atom stereocenters. The van der Waals surface area contributed by atoms with E-state index in [0.717, 1.165) is 21.6 Å². The van der Waals surface area contributed by atoms with Gasteiger partial charge in [-0.2, -0.15) is 0 Å². The van der Waals surface area contributed by atoms with Gasteiger partial charge in [0.15, 0.2) is 0 Å². The molecule has 0 bridgehead atoms. The molecule has 110 valence electrons. The number of hydrogen-bond donors (Lipinski definition) is 1. The van der Waals surface area contributed by atoms with E-state index < -0.39 is 0 Å². The molecule has 0 aliphatic carbocycles. The Hall–Kier alpha value is -2.60. The van der Waals surface area contributed by atoms with Gasteiger partial charge in [0.05, 0.1) is 27.1 Å². The Morgan fingerprint density at radius 3 is 3.14 bits per heavy atom. The lowest BCUT2D eigenvalue weighted by Gasteiger charge is -2.29. The molecule has 2 aromatic carbocycles. The molecule has 1 aliphatic rings. The van der Waals surface area contributed by atoms with Gasteiger partial charge >= 0.3 is 6.09 Å². The lowest BCUT2D eigenvalue weighted by molar-refractivity contribution is 0.207. The summed E-state index contributed by atoms with van der Waals surface area (Å²) in [6, 6.07) is 13.2. The summed E-state index contributed by atoms with van der Waals surface area (Å²) in [4.78, 5) is 18.3. The third-order valence-corrected chi connectivity index (χ3v) is 4.37. The smallest absolute Gasteiger partial charge is 0.410 e. The van der Waals surface area contributed by atoms with Crippen LogP contribution in [0.3, 0.4) is 0 Å². The summed E-state index contributed by atoms with van der Waals surface area (Å²) in [5.74, 6) is 0.540. The summed E-state index contributed by atoms with van der Waals surface area (Å²) >= 11 is 1.53. The summed E-state index contributed by atoms with van der Waals surface area (Å²) in [6.07, 6.45) is -0.363. The van der Waals surface area contributed by atoms with Crippen LogP contribution < -0.4 is 15.0 Å². The summed E-state index contributed by atoms with van der Waals surface area (Å²) in [6.45, 7) is 1.29. The topological polar surface area (TPSA) is 54.5 Å². The normalized spacial score (nSPS) is 13.5. The van der Waals surface area contributed by atoms with E-state index in [0.29, 0.717) is 18.8 Å². The Bertz CT molecular complexity index is 846. The maximum atomic E-state index is 12.5. The molecule has 0 unspecified atom stereocenters. The number of rotatable bonds is 1. The summed E-state index contributed by atoms with van der Waals surface area (Å²) < 4.78 is 6.53. The first-order valence-electron chi connectivity index (χ1n) is 6.97. The molecule has 0 saturated carbocycles. The molecule has 1 aliphatic heterocycles. The van der Waals surface area contributed by atoms with Crippen LogP contribution in [-0.4, -0.2) is 24.2 Å². The van der Waals surface area contributed by atoms with Crippen LogP contribution >= 0.6 is 11.3 Å². The van der Waals surface area contributed by atoms with E-state index in [1.54, 1.807) is 16.5 Å². The number of para-hydroxylation sites is 2. The number of ether oxygens (including phenoxy) is 1. The molecule has 1 aromatic heterocycles. The van der Waals surface area contributed by atoms with Crippen molar-refractivity contribution in [1.29, 1.82) is 0 Å². The van der Waals surface area contributed by atoms with Crippen molar-refractivity contribution in [2.45, 2.75) is 0 Å². The fourth-order valence-electron chi connectivity index (χ4n) is 2.53. The van der Waals surface area contributed by atoms with Crippen molar-refractivity contribution in [2.24, 2.45) is 0 Å². The number of aromatic nitrogens is 1. The van der Waals surface area contributed by atoms with Crippen molar-refractivity contribution in [1.82, 2.24) is 4.98 Å². The predicted molar refractivity (Wildman–Crippen MR) is 87.9 cm³/mol. The lowest BCUT2D eigenvalue weighted by atomic mass is 10.2. The maximum absolute atomic E-state index is 12.5. The second kappa shape index (κ2) is 5.31. The van der Waals surface area contributed by atoms with Gasteiger partial charge in [0, 0.05) is 19.2 Å². The number of fused-ring (bicyclic) bond motifs is 2. The quantitative estimate of drug-likeness (QED) is 0.744. The standard InChI is InChI=1S/C16H13N3O2S/c20-16(19-8-7-17-12-3-1-2-4-14(12)19)21-11-5-6-13-15(9-11)22-10-18-13/h1-6,9-10,17H,7-8H2. The minimum atomic E-state index is -0.363. The second-order valence-electron chi connectivity index (χ2n) is 4.95. The molecule has 0 spiro atoms. The summed E-state index contributed by atoms with van der Waals surface area (Å²) in [5.41, 5.74) is 4.49. The lowest BCUT2D eigenvalue weighted by Crippen LogP contribution is -2.40.